The number of nitrogens with zero attached hydrogens (tertiary/aromatic N) is 1. The van der Waals surface area contributed by atoms with Crippen LogP contribution < -0.4 is 10.1 Å². The maximum absolute atomic E-state index is 14.4. The highest BCUT2D eigenvalue weighted by Gasteiger charge is 2.32. The topological polar surface area (TPSA) is 58.6 Å². The molecule has 1 aromatic heterocycles. The summed E-state index contributed by atoms with van der Waals surface area (Å²) in [6.45, 7) is 4.60. The van der Waals surface area contributed by atoms with Crippen molar-refractivity contribution in [1.82, 2.24) is 10.2 Å². The lowest BCUT2D eigenvalue weighted by atomic mass is 9.89. The Balaban J connectivity index is 1.53. The second-order valence-corrected chi connectivity index (χ2v) is 12.5. The van der Waals surface area contributed by atoms with Gasteiger partial charge in [0.25, 0.3) is 5.91 Å². The van der Waals surface area contributed by atoms with E-state index in [1.807, 2.05) is 56.4 Å². The number of benzene rings is 3. The van der Waals surface area contributed by atoms with Crippen LogP contribution in [0.1, 0.15) is 65.1 Å². The number of rotatable bonds is 9. The van der Waals surface area contributed by atoms with Crippen molar-refractivity contribution in [2.24, 2.45) is 0 Å². The largest absolute Gasteiger partial charge is 0.494 e. The van der Waals surface area contributed by atoms with E-state index in [2.05, 4.69) is 57.1 Å². The van der Waals surface area contributed by atoms with E-state index in [9.17, 15) is 9.59 Å². The number of nitrogens with one attached hydrogen (secondary N) is 1. The van der Waals surface area contributed by atoms with Gasteiger partial charge in [-0.25, -0.2) is 0 Å². The molecule has 208 valence electrons. The fraction of sp³-hybridized carbons (Fsp3) is 0.333. The molecule has 7 heteroatoms. The van der Waals surface area contributed by atoms with E-state index in [4.69, 9.17) is 4.74 Å². The third kappa shape index (κ3) is 6.11. The van der Waals surface area contributed by atoms with Gasteiger partial charge in [-0.05, 0) is 98.5 Å². The quantitative estimate of drug-likeness (QED) is 0.146. The van der Waals surface area contributed by atoms with Gasteiger partial charge in [0, 0.05) is 43.4 Å². The predicted octanol–water partition coefficient (Wildman–Crippen LogP) is 7.95. The number of fused-ring (bicyclic) bond motifs is 1. The van der Waals surface area contributed by atoms with Crippen LogP contribution in [-0.4, -0.2) is 42.3 Å². The van der Waals surface area contributed by atoms with Crippen molar-refractivity contribution in [1.29, 1.82) is 0 Å². The van der Waals surface area contributed by atoms with Gasteiger partial charge in [-0.15, -0.1) is 11.3 Å². The summed E-state index contributed by atoms with van der Waals surface area (Å²) in [5.41, 5.74) is 3.76. The second-order valence-electron chi connectivity index (χ2n) is 10.4. The van der Waals surface area contributed by atoms with E-state index < -0.39 is 0 Å². The van der Waals surface area contributed by atoms with Crippen LogP contribution in [0, 0.1) is 3.57 Å². The lowest BCUT2D eigenvalue weighted by Gasteiger charge is -2.37. The number of ketones is 1. The molecular formula is C33H35IN2O3S. The molecule has 0 saturated heterocycles. The fourth-order valence-corrected chi connectivity index (χ4v) is 7.85. The highest BCUT2D eigenvalue weighted by Crippen LogP contribution is 2.36. The Morgan fingerprint density at radius 1 is 1.00 bits per heavy atom. The van der Waals surface area contributed by atoms with Crippen LogP contribution in [0.25, 0.3) is 21.2 Å². The maximum Gasteiger partial charge on any atom is 0.265 e. The summed E-state index contributed by atoms with van der Waals surface area (Å²) in [7, 11) is 2.02. The number of ether oxygens (including phenoxy) is 1. The molecule has 1 aliphatic rings. The monoisotopic (exact) mass is 666 g/mol. The molecule has 0 unspecified atom stereocenters. The smallest absolute Gasteiger partial charge is 0.265 e. The van der Waals surface area contributed by atoms with Crippen LogP contribution in [0.5, 0.6) is 5.75 Å². The van der Waals surface area contributed by atoms with Crippen LogP contribution in [0.3, 0.4) is 0 Å². The van der Waals surface area contributed by atoms with E-state index in [0.717, 1.165) is 66.7 Å². The highest BCUT2D eigenvalue weighted by molar-refractivity contribution is 14.1. The lowest BCUT2D eigenvalue weighted by Crippen LogP contribution is -2.44. The van der Waals surface area contributed by atoms with Crippen molar-refractivity contribution < 1.29 is 14.3 Å². The van der Waals surface area contributed by atoms with Crippen LogP contribution in [-0.2, 0) is 6.54 Å². The molecule has 0 aliphatic heterocycles. The van der Waals surface area contributed by atoms with E-state index in [1.165, 1.54) is 0 Å². The number of halogens is 1. The predicted molar refractivity (Wildman–Crippen MR) is 173 cm³/mol. The van der Waals surface area contributed by atoms with Gasteiger partial charge in [0.05, 0.1) is 6.61 Å². The molecule has 0 bridgehead atoms. The van der Waals surface area contributed by atoms with Crippen molar-refractivity contribution in [2.75, 3.05) is 13.7 Å². The molecule has 1 amide bonds. The molecular weight excluding hydrogens is 631 g/mol. The van der Waals surface area contributed by atoms with Crippen molar-refractivity contribution in [3.8, 4) is 16.9 Å². The lowest BCUT2D eigenvalue weighted by molar-refractivity contribution is 0.0603. The van der Waals surface area contributed by atoms with Crippen LogP contribution in [0.15, 0.2) is 66.7 Å². The van der Waals surface area contributed by atoms with Gasteiger partial charge in [0.2, 0.25) is 0 Å². The summed E-state index contributed by atoms with van der Waals surface area (Å²) in [5.74, 6) is 0.952. The van der Waals surface area contributed by atoms with Gasteiger partial charge in [-0.3, -0.25) is 9.59 Å². The fourth-order valence-electron chi connectivity index (χ4n) is 5.58. The summed E-state index contributed by atoms with van der Waals surface area (Å²) in [5, 5.41) is 4.56. The van der Waals surface area contributed by atoms with Gasteiger partial charge in [0.1, 0.15) is 10.6 Å². The SMILES string of the molecule is CCOc1ccc(-c2ccc(C(C)=O)cc2)cc1CN(C(=O)c1sc2ccccc2c1I)C1CCC(NC)CC1. The molecule has 5 nitrogen and oxygen atoms in total. The minimum Gasteiger partial charge on any atom is -0.494 e. The number of carbonyl (C=O) groups excluding carboxylic acids is 2. The van der Waals surface area contributed by atoms with Gasteiger partial charge >= 0.3 is 0 Å². The molecule has 0 atom stereocenters. The Hall–Kier alpha value is -2.75. The molecule has 5 rings (SSSR count). The first-order valence-corrected chi connectivity index (χ1v) is 15.8. The van der Waals surface area contributed by atoms with Gasteiger partial charge < -0.3 is 15.0 Å². The third-order valence-corrected chi connectivity index (χ3v) is 10.5. The minimum atomic E-state index is 0.0527. The first-order valence-electron chi connectivity index (χ1n) is 13.9. The molecule has 0 radical (unpaired) electrons. The summed E-state index contributed by atoms with van der Waals surface area (Å²) in [6.07, 6.45) is 4.04. The zero-order chi connectivity index (χ0) is 28.2. The maximum atomic E-state index is 14.4. The standard InChI is InChI=1S/C33H35IN2O3S/c1-4-39-29-18-13-24(23-11-9-22(10-12-23)21(2)37)19-25(29)20-36(27-16-14-26(35-3)15-17-27)33(38)32-31(34)28-7-5-6-8-30(28)40-32/h5-13,18-19,26-27,35H,4,14-17,20H2,1-3H3. The Morgan fingerprint density at radius 2 is 1.70 bits per heavy atom. The van der Waals surface area contributed by atoms with Crippen molar-refractivity contribution in [3.63, 3.8) is 0 Å². The Labute approximate surface area is 254 Å². The van der Waals surface area contributed by atoms with E-state index in [1.54, 1.807) is 18.3 Å². The number of thiophene rings is 1. The zero-order valence-electron chi connectivity index (χ0n) is 23.2. The first kappa shape index (κ1) is 28.8. The molecule has 40 heavy (non-hydrogen) atoms. The van der Waals surface area contributed by atoms with Gasteiger partial charge in [0.15, 0.2) is 5.78 Å². The number of Topliss-reactive ketones (excluding diaryl/α,β-unsaturated/α-hetero) is 1. The Bertz CT molecular complexity index is 1510. The van der Waals surface area contributed by atoms with Gasteiger partial charge in [-0.1, -0.05) is 48.5 Å². The average molecular weight is 667 g/mol. The van der Waals surface area contributed by atoms with Crippen LogP contribution >= 0.6 is 33.9 Å². The molecule has 1 saturated carbocycles. The molecule has 3 aromatic carbocycles. The van der Waals surface area contributed by atoms with E-state index in [-0.39, 0.29) is 17.7 Å². The number of amides is 1. The van der Waals surface area contributed by atoms with Crippen LogP contribution in [0.2, 0.25) is 0 Å². The minimum absolute atomic E-state index is 0.0527. The second kappa shape index (κ2) is 12.8. The summed E-state index contributed by atoms with van der Waals surface area (Å²) in [4.78, 5) is 29.0. The molecule has 1 fully saturated rings. The summed E-state index contributed by atoms with van der Waals surface area (Å²) in [6, 6.07) is 22.8. The third-order valence-electron chi connectivity index (χ3n) is 7.86. The first-order chi connectivity index (χ1) is 19.4. The number of carbonyl (C=O) groups is 2. The number of hydrogen-bond acceptors (Lipinski definition) is 5. The van der Waals surface area contributed by atoms with Gasteiger partial charge in [-0.2, -0.15) is 0 Å². The molecule has 1 heterocycles. The molecule has 1 aliphatic carbocycles. The summed E-state index contributed by atoms with van der Waals surface area (Å²) >= 11 is 3.93. The summed E-state index contributed by atoms with van der Waals surface area (Å²) < 4.78 is 8.23. The Kier molecular flexibility index (Phi) is 9.23. The molecule has 0 spiro atoms. The average Bonchev–Trinajstić information content (AvgIpc) is 3.33. The van der Waals surface area contributed by atoms with E-state index in [0.29, 0.717) is 24.8 Å². The normalized spacial score (nSPS) is 17.1. The van der Waals surface area contributed by atoms with Crippen molar-refractivity contribution in [2.45, 2.75) is 58.2 Å². The number of hydrogen-bond donors (Lipinski definition) is 1. The van der Waals surface area contributed by atoms with Crippen molar-refractivity contribution in [3.05, 3.63) is 86.3 Å². The zero-order valence-corrected chi connectivity index (χ0v) is 26.2. The molecule has 1 N–H and O–H groups in total. The molecule has 4 aromatic rings. The highest BCUT2D eigenvalue weighted by atomic mass is 127. The Morgan fingerprint density at radius 3 is 2.35 bits per heavy atom. The van der Waals surface area contributed by atoms with E-state index >= 15 is 0 Å². The van der Waals surface area contributed by atoms with Crippen molar-refractivity contribution >= 4 is 55.7 Å². The van der Waals surface area contributed by atoms with Crippen LogP contribution in [0.4, 0.5) is 0 Å².